The Bertz CT molecular complexity index is 1010. The van der Waals surface area contributed by atoms with Crippen LogP contribution in [0.3, 0.4) is 0 Å². The molecule has 6 heteroatoms. The molecule has 28 heavy (non-hydrogen) atoms. The standard InChI is InChI=1S/C22H21Cl2NO3/c1-12-7-5-6-8-14(12)18-17(20(27)22(2,3)4)19(26)21(28)25(18)13-9-10-15(23)16(24)11-13/h5-11,18,26H,1-4H3. The first-order valence-electron chi connectivity index (χ1n) is 8.86. The minimum Gasteiger partial charge on any atom is -0.503 e. The van der Waals surface area contributed by atoms with Gasteiger partial charge in [-0.25, -0.2) is 0 Å². The maximum absolute atomic E-state index is 13.2. The molecule has 2 aromatic carbocycles. The molecule has 0 saturated carbocycles. The lowest BCUT2D eigenvalue weighted by Crippen LogP contribution is -2.33. The van der Waals surface area contributed by atoms with Crippen LogP contribution in [0.25, 0.3) is 0 Å². The molecule has 0 fully saturated rings. The number of hydrogen-bond acceptors (Lipinski definition) is 3. The number of aliphatic hydroxyl groups excluding tert-OH is 1. The average Bonchev–Trinajstić information content (AvgIpc) is 2.87. The van der Waals surface area contributed by atoms with E-state index in [2.05, 4.69) is 0 Å². The van der Waals surface area contributed by atoms with Crippen LogP contribution in [0.2, 0.25) is 10.0 Å². The summed E-state index contributed by atoms with van der Waals surface area (Å²) in [7, 11) is 0. The largest absolute Gasteiger partial charge is 0.503 e. The van der Waals surface area contributed by atoms with Gasteiger partial charge in [0.05, 0.1) is 21.7 Å². The van der Waals surface area contributed by atoms with Crippen LogP contribution < -0.4 is 4.90 Å². The molecule has 1 unspecified atom stereocenters. The second kappa shape index (κ2) is 7.26. The number of Topliss-reactive ketones (excluding diaryl/α,β-unsaturated/α-hetero) is 1. The summed E-state index contributed by atoms with van der Waals surface area (Å²) in [6.07, 6.45) is 0. The summed E-state index contributed by atoms with van der Waals surface area (Å²) >= 11 is 12.2. The fourth-order valence-corrected chi connectivity index (χ4v) is 3.62. The Labute approximate surface area is 174 Å². The van der Waals surface area contributed by atoms with Gasteiger partial charge in [-0.2, -0.15) is 0 Å². The van der Waals surface area contributed by atoms with Gasteiger partial charge in [-0.1, -0.05) is 68.2 Å². The Morgan fingerprint density at radius 3 is 2.29 bits per heavy atom. The van der Waals surface area contributed by atoms with Crippen molar-refractivity contribution < 1.29 is 14.7 Å². The van der Waals surface area contributed by atoms with E-state index in [9.17, 15) is 14.7 Å². The van der Waals surface area contributed by atoms with Crippen molar-refractivity contribution in [2.45, 2.75) is 33.7 Å². The quantitative estimate of drug-likeness (QED) is 0.684. The maximum atomic E-state index is 13.2. The Kier molecular flexibility index (Phi) is 5.30. The highest BCUT2D eigenvalue weighted by Crippen LogP contribution is 2.45. The Morgan fingerprint density at radius 2 is 1.71 bits per heavy atom. The molecule has 3 rings (SSSR count). The van der Waals surface area contributed by atoms with Gasteiger partial charge in [-0.05, 0) is 36.2 Å². The third kappa shape index (κ3) is 3.43. The van der Waals surface area contributed by atoms with E-state index in [4.69, 9.17) is 23.2 Å². The van der Waals surface area contributed by atoms with Crippen molar-refractivity contribution in [2.24, 2.45) is 5.41 Å². The molecule has 0 aromatic heterocycles. The Balaban J connectivity index is 2.25. The van der Waals surface area contributed by atoms with Gasteiger partial charge in [-0.3, -0.25) is 14.5 Å². The first-order valence-corrected chi connectivity index (χ1v) is 9.61. The highest BCUT2D eigenvalue weighted by atomic mass is 35.5. The van der Waals surface area contributed by atoms with Crippen molar-refractivity contribution in [3.8, 4) is 0 Å². The molecular weight excluding hydrogens is 397 g/mol. The minimum absolute atomic E-state index is 0.0953. The van der Waals surface area contributed by atoms with Crippen LogP contribution in [-0.4, -0.2) is 16.8 Å². The molecular formula is C22H21Cl2NO3. The van der Waals surface area contributed by atoms with E-state index in [0.29, 0.717) is 10.7 Å². The first-order chi connectivity index (χ1) is 13.0. The second-order valence-corrected chi connectivity index (χ2v) is 8.69. The number of aryl methyl sites for hydroxylation is 1. The average molecular weight is 418 g/mol. The van der Waals surface area contributed by atoms with Crippen molar-refractivity contribution in [1.29, 1.82) is 0 Å². The van der Waals surface area contributed by atoms with E-state index in [0.717, 1.165) is 11.1 Å². The van der Waals surface area contributed by atoms with Crippen molar-refractivity contribution in [1.82, 2.24) is 0 Å². The number of carbonyl (C=O) groups excluding carboxylic acids is 2. The highest BCUT2D eigenvalue weighted by Gasteiger charge is 2.47. The van der Waals surface area contributed by atoms with Gasteiger partial charge in [0.1, 0.15) is 0 Å². The van der Waals surface area contributed by atoms with Gasteiger partial charge in [-0.15, -0.1) is 0 Å². The smallest absolute Gasteiger partial charge is 0.294 e. The van der Waals surface area contributed by atoms with Crippen LogP contribution >= 0.6 is 23.2 Å². The van der Waals surface area contributed by atoms with Gasteiger partial charge < -0.3 is 5.11 Å². The fraction of sp³-hybridized carbons (Fsp3) is 0.273. The molecule has 1 amide bonds. The number of hydrogen-bond donors (Lipinski definition) is 1. The Morgan fingerprint density at radius 1 is 1.07 bits per heavy atom. The van der Waals surface area contributed by atoms with Gasteiger partial charge >= 0.3 is 0 Å². The molecule has 1 aliphatic heterocycles. The fourth-order valence-electron chi connectivity index (χ4n) is 3.33. The third-order valence-electron chi connectivity index (χ3n) is 4.80. The number of amides is 1. The van der Waals surface area contributed by atoms with E-state index in [1.54, 1.807) is 39.0 Å². The molecule has 0 saturated heterocycles. The van der Waals surface area contributed by atoms with E-state index >= 15 is 0 Å². The maximum Gasteiger partial charge on any atom is 0.294 e. The molecule has 1 aliphatic rings. The number of benzene rings is 2. The van der Waals surface area contributed by atoms with Crippen molar-refractivity contribution in [2.75, 3.05) is 4.90 Å². The number of carbonyl (C=O) groups is 2. The lowest BCUT2D eigenvalue weighted by atomic mass is 9.81. The molecule has 0 aliphatic carbocycles. The van der Waals surface area contributed by atoms with Gasteiger partial charge in [0, 0.05) is 11.1 Å². The van der Waals surface area contributed by atoms with Crippen molar-refractivity contribution in [3.63, 3.8) is 0 Å². The summed E-state index contributed by atoms with van der Waals surface area (Å²) in [5, 5.41) is 11.3. The summed E-state index contributed by atoms with van der Waals surface area (Å²) in [6, 6.07) is 11.5. The van der Waals surface area contributed by atoms with Crippen LogP contribution in [0.4, 0.5) is 5.69 Å². The summed E-state index contributed by atoms with van der Waals surface area (Å²) < 4.78 is 0. The van der Waals surface area contributed by atoms with Crippen LogP contribution in [0, 0.1) is 12.3 Å². The van der Waals surface area contributed by atoms with Gasteiger partial charge in [0.15, 0.2) is 11.5 Å². The van der Waals surface area contributed by atoms with E-state index in [-0.39, 0.29) is 16.4 Å². The predicted molar refractivity (Wildman–Crippen MR) is 112 cm³/mol. The molecule has 146 valence electrons. The molecule has 4 nitrogen and oxygen atoms in total. The summed E-state index contributed by atoms with van der Waals surface area (Å²) in [4.78, 5) is 27.6. The molecule has 1 heterocycles. The lowest BCUT2D eigenvalue weighted by Gasteiger charge is -2.30. The monoisotopic (exact) mass is 417 g/mol. The minimum atomic E-state index is -0.766. The summed E-state index contributed by atoms with van der Waals surface area (Å²) in [5.41, 5.74) is 1.45. The number of ketones is 1. The zero-order chi connectivity index (χ0) is 20.8. The normalized spacial score (nSPS) is 17.4. The molecule has 1 atom stereocenters. The van der Waals surface area contributed by atoms with E-state index in [1.165, 1.54) is 4.90 Å². The number of halogens is 2. The number of aliphatic hydroxyl groups is 1. The van der Waals surface area contributed by atoms with Crippen LogP contribution in [0.15, 0.2) is 53.8 Å². The van der Waals surface area contributed by atoms with Crippen molar-refractivity contribution in [3.05, 3.63) is 75.0 Å². The van der Waals surface area contributed by atoms with Gasteiger partial charge in [0.2, 0.25) is 0 Å². The van der Waals surface area contributed by atoms with Crippen LogP contribution in [0.5, 0.6) is 0 Å². The zero-order valence-electron chi connectivity index (χ0n) is 16.1. The number of rotatable bonds is 3. The highest BCUT2D eigenvalue weighted by molar-refractivity contribution is 6.42. The summed E-state index contributed by atoms with van der Waals surface area (Å²) in [6.45, 7) is 7.19. The third-order valence-corrected chi connectivity index (χ3v) is 5.54. The number of nitrogens with zero attached hydrogens (tertiary/aromatic N) is 1. The molecule has 2 aromatic rings. The van der Waals surface area contributed by atoms with E-state index in [1.807, 2.05) is 31.2 Å². The van der Waals surface area contributed by atoms with Gasteiger partial charge in [0.25, 0.3) is 5.91 Å². The summed E-state index contributed by atoms with van der Waals surface area (Å²) in [5.74, 6) is -1.45. The number of anilines is 1. The van der Waals surface area contributed by atoms with Crippen molar-refractivity contribution >= 4 is 40.6 Å². The van der Waals surface area contributed by atoms with Crippen LogP contribution in [0.1, 0.15) is 37.9 Å². The second-order valence-electron chi connectivity index (χ2n) is 7.87. The van der Waals surface area contributed by atoms with Crippen LogP contribution in [-0.2, 0) is 9.59 Å². The molecule has 1 N–H and O–H groups in total. The molecule has 0 radical (unpaired) electrons. The Hall–Kier alpha value is -2.30. The first kappa shape index (κ1) is 20.4. The zero-order valence-corrected chi connectivity index (χ0v) is 17.6. The molecule has 0 spiro atoms. The SMILES string of the molecule is Cc1ccccc1C1C(C(=O)C(C)(C)C)=C(O)C(=O)N1c1ccc(Cl)c(Cl)c1. The predicted octanol–water partition coefficient (Wildman–Crippen LogP) is 5.82. The van der Waals surface area contributed by atoms with E-state index < -0.39 is 23.1 Å². The topological polar surface area (TPSA) is 57.6 Å². The lowest BCUT2D eigenvalue weighted by molar-refractivity contribution is -0.123. The molecule has 0 bridgehead atoms.